The number of hydrogen-bond donors (Lipinski definition) is 6. The number of carbonyl (C=O) groups is 3. The molecule has 7 N–H and O–H groups in total. The lowest BCUT2D eigenvalue weighted by Gasteiger charge is -2.46. The molecule has 0 aliphatic heterocycles. The molecule has 3 atom stereocenters. The summed E-state index contributed by atoms with van der Waals surface area (Å²) in [7, 11) is 0. The maximum atomic E-state index is 13.7. The van der Waals surface area contributed by atoms with E-state index in [1.54, 1.807) is 18.2 Å². The number of phenols is 2. The molecular formula is C28H27NO8. The predicted molar refractivity (Wildman–Crippen MR) is 133 cm³/mol. The van der Waals surface area contributed by atoms with Crippen LogP contribution in [0.3, 0.4) is 0 Å². The minimum Gasteiger partial charge on any atom is -0.508 e. The molecule has 5 rings (SSSR count). The van der Waals surface area contributed by atoms with Crippen LogP contribution in [-0.2, 0) is 20.8 Å². The van der Waals surface area contributed by atoms with Crippen molar-refractivity contribution in [2.75, 3.05) is 0 Å². The third-order valence-corrected chi connectivity index (χ3v) is 7.88. The fourth-order valence-corrected chi connectivity index (χ4v) is 6.13. The van der Waals surface area contributed by atoms with E-state index in [2.05, 4.69) is 0 Å². The SMILES string of the molecule is CC(C)c1cc(-c2cccc(O)c2)c(O)c2c1C[C@H]1C[C@H]3CC(=O)C(C(N)=O)=C(O)[C@@]3(O)C(=O)C1=C2O. The van der Waals surface area contributed by atoms with Crippen LogP contribution in [0, 0.1) is 11.8 Å². The second kappa shape index (κ2) is 8.21. The number of nitrogens with two attached hydrogens (primary N) is 1. The molecule has 0 unspecified atom stereocenters. The summed E-state index contributed by atoms with van der Waals surface area (Å²) in [6.45, 7) is 3.90. The molecule has 1 saturated carbocycles. The van der Waals surface area contributed by atoms with Gasteiger partial charge in [-0.25, -0.2) is 0 Å². The highest BCUT2D eigenvalue weighted by molar-refractivity contribution is 6.22. The van der Waals surface area contributed by atoms with E-state index in [9.17, 15) is 39.9 Å². The summed E-state index contributed by atoms with van der Waals surface area (Å²) in [5.74, 6) is -6.63. The fraction of sp³-hybridized carbons (Fsp3) is 0.321. The Bertz CT molecular complexity index is 1470. The number of primary amides is 1. The summed E-state index contributed by atoms with van der Waals surface area (Å²) in [5.41, 5.74) is 3.96. The smallest absolute Gasteiger partial charge is 0.255 e. The number of aliphatic hydroxyl groups excluding tert-OH is 2. The lowest BCUT2D eigenvalue weighted by atomic mass is 9.59. The van der Waals surface area contributed by atoms with Gasteiger partial charge in [-0.2, -0.15) is 0 Å². The van der Waals surface area contributed by atoms with Gasteiger partial charge in [0.1, 0.15) is 28.6 Å². The molecule has 1 fully saturated rings. The zero-order valence-corrected chi connectivity index (χ0v) is 20.3. The maximum absolute atomic E-state index is 13.7. The van der Waals surface area contributed by atoms with E-state index in [0.29, 0.717) is 16.7 Å². The lowest BCUT2D eigenvalue weighted by molar-refractivity contribution is -0.147. The van der Waals surface area contributed by atoms with Gasteiger partial charge in [0.15, 0.2) is 11.4 Å². The van der Waals surface area contributed by atoms with Crippen molar-refractivity contribution in [1.29, 1.82) is 0 Å². The summed E-state index contributed by atoms with van der Waals surface area (Å²) >= 11 is 0. The molecule has 0 saturated heterocycles. The van der Waals surface area contributed by atoms with Crippen LogP contribution in [0.5, 0.6) is 11.5 Å². The Morgan fingerprint density at radius 1 is 1.08 bits per heavy atom. The Kier molecular flexibility index (Phi) is 5.45. The third-order valence-electron chi connectivity index (χ3n) is 7.88. The monoisotopic (exact) mass is 505 g/mol. The first-order valence-electron chi connectivity index (χ1n) is 12.0. The van der Waals surface area contributed by atoms with Crippen LogP contribution in [0.25, 0.3) is 16.9 Å². The largest absolute Gasteiger partial charge is 0.508 e. The average Bonchev–Trinajstić information content (AvgIpc) is 2.81. The second-order valence-corrected chi connectivity index (χ2v) is 10.3. The first-order valence-corrected chi connectivity index (χ1v) is 12.0. The van der Waals surface area contributed by atoms with Crippen LogP contribution < -0.4 is 5.73 Å². The van der Waals surface area contributed by atoms with Gasteiger partial charge >= 0.3 is 0 Å². The van der Waals surface area contributed by atoms with Crippen LogP contribution in [0.1, 0.15) is 49.3 Å². The molecule has 0 aromatic heterocycles. The van der Waals surface area contributed by atoms with Gasteiger partial charge in [-0.05, 0) is 59.6 Å². The highest BCUT2D eigenvalue weighted by Gasteiger charge is 2.60. The van der Waals surface area contributed by atoms with E-state index < -0.39 is 52.0 Å². The second-order valence-electron chi connectivity index (χ2n) is 10.3. The number of hydrogen-bond acceptors (Lipinski definition) is 8. The summed E-state index contributed by atoms with van der Waals surface area (Å²) in [6.07, 6.45) is -0.0357. The minimum absolute atomic E-state index is 0.0153. The van der Waals surface area contributed by atoms with Crippen molar-refractivity contribution in [1.82, 2.24) is 0 Å². The number of benzene rings is 2. The van der Waals surface area contributed by atoms with E-state index in [-0.39, 0.29) is 47.8 Å². The normalized spacial score (nSPS) is 25.2. The molecule has 3 aliphatic rings. The quantitative estimate of drug-likeness (QED) is 0.345. The molecule has 1 amide bonds. The standard InChI is InChI=1S/C28H27NO8/c1-11(2)16-10-17(12-4-3-5-15(30)7-12)23(32)21-18(16)8-13-6-14-9-19(31)22(27(29)36)26(35)28(14,37)25(34)20(13)24(21)33/h3-5,7,10-11,13-14,30,32-33,35,37H,6,8-9H2,1-2H3,(H2,29,36)/t13-,14+,28+/m1/s1. The average molecular weight is 506 g/mol. The molecule has 37 heavy (non-hydrogen) atoms. The molecule has 0 spiro atoms. The Morgan fingerprint density at radius 3 is 2.41 bits per heavy atom. The molecule has 0 heterocycles. The zero-order valence-electron chi connectivity index (χ0n) is 20.3. The number of amides is 1. The number of carbonyl (C=O) groups excluding carboxylic acids is 3. The predicted octanol–water partition coefficient (Wildman–Crippen LogP) is 2.92. The van der Waals surface area contributed by atoms with Crippen molar-refractivity contribution in [3.63, 3.8) is 0 Å². The van der Waals surface area contributed by atoms with Gasteiger partial charge in [-0.15, -0.1) is 0 Å². The van der Waals surface area contributed by atoms with Gasteiger partial charge in [0.25, 0.3) is 5.91 Å². The summed E-state index contributed by atoms with van der Waals surface area (Å²) in [6, 6.07) is 8.05. The number of aromatic hydroxyl groups is 2. The molecule has 9 nitrogen and oxygen atoms in total. The highest BCUT2D eigenvalue weighted by Crippen LogP contribution is 2.54. The number of Topliss-reactive ketones (excluding diaryl/α,β-unsaturated/α-hetero) is 2. The van der Waals surface area contributed by atoms with Crippen molar-refractivity contribution in [2.45, 2.75) is 44.6 Å². The van der Waals surface area contributed by atoms with Crippen molar-refractivity contribution < 1.29 is 39.9 Å². The summed E-state index contributed by atoms with van der Waals surface area (Å²) in [4.78, 5) is 38.0. The summed E-state index contributed by atoms with van der Waals surface area (Å²) in [5, 5.41) is 54.8. The number of rotatable bonds is 3. The van der Waals surface area contributed by atoms with Crippen molar-refractivity contribution >= 4 is 23.2 Å². The summed E-state index contributed by atoms with van der Waals surface area (Å²) < 4.78 is 0. The van der Waals surface area contributed by atoms with Gasteiger partial charge in [-0.3, -0.25) is 14.4 Å². The molecule has 192 valence electrons. The van der Waals surface area contributed by atoms with Crippen molar-refractivity contribution in [3.8, 4) is 22.6 Å². The molecule has 0 radical (unpaired) electrons. The van der Waals surface area contributed by atoms with Crippen LogP contribution in [0.2, 0.25) is 0 Å². The number of aliphatic hydroxyl groups is 3. The first-order chi connectivity index (χ1) is 17.4. The van der Waals surface area contributed by atoms with E-state index in [0.717, 1.165) is 5.56 Å². The number of fused-ring (bicyclic) bond motifs is 3. The molecule has 2 aromatic carbocycles. The van der Waals surface area contributed by atoms with Gasteiger partial charge in [0, 0.05) is 23.5 Å². The van der Waals surface area contributed by atoms with E-state index >= 15 is 0 Å². The van der Waals surface area contributed by atoms with E-state index in [1.165, 1.54) is 12.1 Å². The van der Waals surface area contributed by atoms with Gasteiger partial charge in [0.2, 0.25) is 5.78 Å². The number of ketones is 2. The van der Waals surface area contributed by atoms with E-state index in [1.807, 2.05) is 13.8 Å². The van der Waals surface area contributed by atoms with Crippen molar-refractivity contribution in [2.24, 2.45) is 17.6 Å². The Morgan fingerprint density at radius 2 is 1.78 bits per heavy atom. The Labute approximate surface area is 212 Å². The molecular weight excluding hydrogens is 478 g/mol. The number of phenolic OH excluding ortho intramolecular Hbond substituents is 2. The lowest BCUT2D eigenvalue weighted by Crippen LogP contribution is -2.58. The van der Waals surface area contributed by atoms with Gasteiger partial charge in [-0.1, -0.05) is 26.0 Å². The maximum Gasteiger partial charge on any atom is 0.255 e. The molecule has 2 aromatic rings. The van der Waals surface area contributed by atoms with Crippen LogP contribution in [0.15, 0.2) is 47.2 Å². The molecule has 3 aliphatic carbocycles. The fourth-order valence-electron chi connectivity index (χ4n) is 6.13. The first kappa shape index (κ1) is 24.6. The van der Waals surface area contributed by atoms with Crippen LogP contribution in [0.4, 0.5) is 0 Å². The van der Waals surface area contributed by atoms with Gasteiger partial charge < -0.3 is 31.3 Å². The zero-order chi connectivity index (χ0) is 27.0. The van der Waals surface area contributed by atoms with Crippen molar-refractivity contribution in [3.05, 3.63) is 63.9 Å². The minimum atomic E-state index is -2.60. The third kappa shape index (κ3) is 3.37. The molecule has 0 bridgehead atoms. The van der Waals surface area contributed by atoms with E-state index in [4.69, 9.17) is 5.73 Å². The molecule has 9 heteroatoms. The van der Waals surface area contributed by atoms with Crippen LogP contribution >= 0.6 is 0 Å². The highest BCUT2D eigenvalue weighted by atomic mass is 16.3. The Hall–Kier alpha value is -4.11. The van der Waals surface area contributed by atoms with Gasteiger partial charge in [0.05, 0.1) is 5.56 Å². The topological polar surface area (TPSA) is 178 Å². The Balaban J connectivity index is 1.76. The van der Waals surface area contributed by atoms with Crippen LogP contribution in [-0.4, -0.2) is 48.6 Å².